The number of pyridine rings is 1. The Kier molecular flexibility index (Phi) is 3.96. The van der Waals surface area contributed by atoms with E-state index >= 15 is 0 Å². The van der Waals surface area contributed by atoms with Gasteiger partial charge in [-0.15, -0.1) is 11.8 Å². The molecule has 4 heteroatoms. The molecule has 0 saturated carbocycles. The summed E-state index contributed by atoms with van der Waals surface area (Å²) in [5, 5.41) is 0. The van der Waals surface area contributed by atoms with E-state index in [4.69, 9.17) is 0 Å². The molecule has 1 aromatic carbocycles. The highest BCUT2D eigenvalue weighted by molar-refractivity contribution is 9.10. The van der Waals surface area contributed by atoms with E-state index in [0.29, 0.717) is 0 Å². The Bertz CT molecular complexity index is 444. The average Bonchev–Trinajstić information content (AvgIpc) is 2.27. The second-order valence-corrected chi connectivity index (χ2v) is 5.22. The highest BCUT2D eigenvalue weighted by Gasteiger charge is 1.99. The molecule has 0 fully saturated rings. The van der Waals surface area contributed by atoms with Crippen LogP contribution in [0, 0.1) is 5.82 Å². The first kappa shape index (κ1) is 11.6. The van der Waals surface area contributed by atoms with E-state index in [1.807, 2.05) is 18.3 Å². The Labute approximate surface area is 106 Å². The summed E-state index contributed by atoms with van der Waals surface area (Å²) >= 11 is 4.96. The fourth-order valence-corrected chi connectivity index (χ4v) is 2.53. The molecule has 0 aliphatic carbocycles. The van der Waals surface area contributed by atoms with E-state index in [2.05, 4.69) is 20.9 Å². The number of halogens is 2. The molecule has 0 aliphatic heterocycles. The van der Waals surface area contributed by atoms with Crippen LogP contribution < -0.4 is 0 Å². The summed E-state index contributed by atoms with van der Waals surface area (Å²) < 4.78 is 13.9. The summed E-state index contributed by atoms with van der Waals surface area (Å²) in [5.74, 6) is 0.591. The number of aromatic nitrogens is 1. The molecule has 0 atom stereocenters. The summed E-state index contributed by atoms with van der Waals surface area (Å²) in [5.41, 5.74) is 1.11. The lowest BCUT2D eigenvalue weighted by atomic mass is 10.3. The first-order valence-electron chi connectivity index (χ1n) is 4.72. The summed E-state index contributed by atoms with van der Waals surface area (Å²) in [7, 11) is 0. The molecule has 1 nitrogen and oxygen atoms in total. The molecule has 1 heterocycles. The molecule has 1 aromatic heterocycles. The molecule has 2 rings (SSSR count). The molecular formula is C12H9BrFNS. The maximum atomic E-state index is 12.9. The number of thioether (sulfide) groups is 1. The smallest absolute Gasteiger partial charge is 0.124 e. The number of hydrogen-bond donors (Lipinski definition) is 0. The third-order valence-electron chi connectivity index (χ3n) is 1.96. The Morgan fingerprint density at radius 1 is 1.25 bits per heavy atom. The molecule has 0 N–H and O–H groups in total. The van der Waals surface area contributed by atoms with Crippen LogP contribution in [-0.2, 0) is 5.75 Å². The van der Waals surface area contributed by atoms with Gasteiger partial charge in [-0.2, -0.15) is 0 Å². The lowest BCUT2D eigenvalue weighted by Crippen LogP contribution is -1.83. The SMILES string of the molecule is Fc1cccc(SCc2cncc(Br)c2)c1. The van der Waals surface area contributed by atoms with Crippen LogP contribution in [0.3, 0.4) is 0 Å². The van der Waals surface area contributed by atoms with Crippen LogP contribution in [0.5, 0.6) is 0 Å². The second kappa shape index (κ2) is 5.46. The van der Waals surface area contributed by atoms with Crippen LogP contribution in [0.2, 0.25) is 0 Å². The lowest BCUT2D eigenvalue weighted by Gasteiger charge is -2.02. The highest BCUT2D eigenvalue weighted by atomic mass is 79.9. The fraction of sp³-hybridized carbons (Fsp3) is 0.0833. The minimum Gasteiger partial charge on any atom is -0.263 e. The normalized spacial score (nSPS) is 10.4. The van der Waals surface area contributed by atoms with E-state index in [0.717, 1.165) is 20.7 Å². The fourth-order valence-electron chi connectivity index (χ4n) is 1.26. The molecule has 0 saturated heterocycles. The lowest BCUT2D eigenvalue weighted by molar-refractivity contribution is 0.624. The third kappa shape index (κ3) is 3.32. The van der Waals surface area contributed by atoms with Crippen LogP contribution >= 0.6 is 27.7 Å². The van der Waals surface area contributed by atoms with Gasteiger partial charge < -0.3 is 0 Å². The number of nitrogens with zero attached hydrogens (tertiary/aromatic N) is 1. The van der Waals surface area contributed by atoms with Crippen molar-refractivity contribution < 1.29 is 4.39 Å². The predicted octanol–water partition coefficient (Wildman–Crippen LogP) is 4.28. The van der Waals surface area contributed by atoms with Gasteiger partial charge in [0.1, 0.15) is 5.82 Å². The average molecular weight is 298 g/mol. The van der Waals surface area contributed by atoms with Crippen LogP contribution in [0.1, 0.15) is 5.56 Å². The molecule has 82 valence electrons. The quantitative estimate of drug-likeness (QED) is 0.785. The van der Waals surface area contributed by atoms with Gasteiger partial charge in [0.05, 0.1) is 0 Å². The van der Waals surface area contributed by atoms with Gasteiger partial charge in [0.2, 0.25) is 0 Å². The van der Waals surface area contributed by atoms with Crippen LogP contribution in [0.4, 0.5) is 4.39 Å². The van der Waals surface area contributed by atoms with Crippen LogP contribution in [0.25, 0.3) is 0 Å². The molecule has 16 heavy (non-hydrogen) atoms. The van der Waals surface area contributed by atoms with E-state index in [-0.39, 0.29) is 5.82 Å². The summed E-state index contributed by atoms with van der Waals surface area (Å²) in [6.45, 7) is 0. The monoisotopic (exact) mass is 297 g/mol. The Morgan fingerprint density at radius 3 is 2.88 bits per heavy atom. The highest BCUT2D eigenvalue weighted by Crippen LogP contribution is 2.23. The van der Waals surface area contributed by atoms with Gasteiger partial charge in [0.25, 0.3) is 0 Å². The topological polar surface area (TPSA) is 12.9 Å². The van der Waals surface area contributed by atoms with Crippen molar-refractivity contribution >= 4 is 27.7 Å². The van der Waals surface area contributed by atoms with Crippen molar-refractivity contribution in [2.24, 2.45) is 0 Å². The number of hydrogen-bond acceptors (Lipinski definition) is 2. The van der Waals surface area contributed by atoms with Gasteiger partial charge in [0, 0.05) is 27.5 Å². The maximum Gasteiger partial charge on any atom is 0.124 e. The molecule has 0 bridgehead atoms. The van der Waals surface area contributed by atoms with E-state index in [1.54, 1.807) is 24.0 Å². The molecule has 2 aromatic rings. The number of benzene rings is 1. The summed E-state index contributed by atoms with van der Waals surface area (Å²) in [4.78, 5) is 5.01. The first-order chi connectivity index (χ1) is 7.74. The maximum absolute atomic E-state index is 12.9. The van der Waals surface area contributed by atoms with E-state index in [9.17, 15) is 4.39 Å². The van der Waals surface area contributed by atoms with Crippen molar-refractivity contribution in [3.05, 3.63) is 58.6 Å². The summed E-state index contributed by atoms with van der Waals surface area (Å²) in [6, 6.07) is 8.62. The van der Waals surface area contributed by atoms with Crippen molar-refractivity contribution in [3.63, 3.8) is 0 Å². The Hall–Kier alpha value is -0.870. The van der Waals surface area contributed by atoms with Crippen molar-refractivity contribution in [1.82, 2.24) is 4.98 Å². The van der Waals surface area contributed by atoms with Crippen molar-refractivity contribution in [3.8, 4) is 0 Å². The minimum absolute atomic E-state index is 0.197. The zero-order valence-electron chi connectivity index (χ0n) is 8.36. The number of rotatable bonds is 3. The summed E-state index contributed by atoms with van der Waals surface area (Å²) in [6.07, 6.45) is 3.56. The van der Waals surface area contributed by atoms with Gasteiger partial charge in [-0.1, -0.05) is 6.07 Å². The van der Waals surface area contributed by atoms with Gasteiger partial charge in [0.15, 0.2) is 0 Å². The molecular weight excluding hydrogens is 289 g/mol. The Morgan fingerprint density at radius 2 is 2.12 bits per heavy atom. The third-order valence-corrected chi connectivity index (χ3v) is 3.46. The van der Waals surface area contributed by atoms with Gasteiger partial charge in [-0.25, -0.2) is 4.39 Å². The second-order valence-electron chi connectivity index (χ2n) is 3.26. The van der Waals surface area contributed by atoms with Gasteiger partial charge in [-0.3, -0.25) is 4.98 Å². The minimum atomic E-state index is -0.197. The predicted molar refractivity (Wildman–Crippen MR) is 67.9 cm³/mol. The van der Waals surface area contributed by atoms with Crippen molar-refractivity contribution in [2.75, 3.05) is 0 Å². The largest absolute Gasteiger partial charge is 0.263 e. The zero-order chi connectivity index (χ0) is 11.4. The molecule has 0 unspecified atom stereocenters. The van der Waals surface area contributed by atoms with E-state index in [1.165, 1.54) is 12.1 Å². The van der Waals surface area contributed by atoms with Crippen molar-refractivity contribution in [2.45, 2.75) is 10.6 Å². The van der Waals surface area contributed by atoms with Crippen LogP contribution in [-0.4, -0.2) is 4.98 Å². The molecule has 0 amide bonds. The zero-order valence-corrected chi connectivity index (χ0v) is 10.8. The van der Waals surface area contributed by atoms with Gasteiger partial charge in [-0.05, 0) is 45.8 Å². The molecule has 0 spiro atoms. The Balaban J connectivity index is 2.02. The van der Waals surface area contributed by atoms with Crippen LogP contribution in [0.15, 0.2) is 52.1 Å². The van der Waals surface area contributed by atoms with E-state index < -0.39 is 0 Å². The van der Waals surface area contributed by atoms with Gasteiger partial charge >= 0.3 is 0 Å². The molecule has 0 radical (unpaired) electrons. The molecule has 0 aliphatic rings. The standard InChI is InChI=1S/C12H9BrFNS/c13-10-4-9(6-15-7-10)8-16-12-3-1-2-11(14)5-12/h1-7H,8H2. The van der Waals surface area contributed by atoms with Crippen molar-refractivity contribution in [1.29, 1.82) is 0 Å². The first-order valence-corrected chi connectivity index (χ1v) is 6.50.